The molecule has 1 aromatic carbocycles. The van der Waals surface area contributed by atoms with Crippen LogP contribution in [0.1, 0.15) is 31.2 Å². The summed E-state index contributed by atoms with van der Waals surface area (Å²) < 4.78 is 5.68. The Hall–Kier alpha value is -0.900. The molecule has 1 unspecified atom stereocenters. The molecule has 1 spiro atoms. The van der Waals surface area contributed by atoms with Gasteiger partial charge in [-0.2, -0.15) is 0 Å². The van der Waals surface area contributed by atoms with Crippen LogP contribution in [0.25, 0.3) is 0 Å². The summed E-state index contributed by atoms with van der Waals surface area (Å²) in [5.41, 5.74) is 2.39. The number of hydrogen-bond acceptors (Lipinski definition) is 3. The SMILES string of the molecule is c1ccc(C2(CN3CCC4(CCNC4)C3)CCOCC2)cc1. The molecule has 0 aromatic heterocycles. The van der Waals surface area contributed by atoms with Gasteiger partial charge < -0.3 is 15.0 Å². The Balaban J connectivity index is 1.52. The fraction of sp³-hybridized carbons (Fsp3) is 0.684. The van der Waals surface area contributed by atoms with Crippen molar-refractivity contribution >= 4 is 0 Å². The molecule has 120 valence electrons. The first-order chi connectivity index (χ1) is 10.8. The van der Waals surface area contributed by atoms with Crippen molar-refractivity contribution in [1.82, 2.24) is 10.2 Å². The van der Waals surface area contributed by atoms with Crippen LogP contribution in [-0.2, 0) is 10.2 Å². The Labute approximate surface area is 134 Å². The van der Waals surface area contributed by atoms with Gasteiger partial charge in [0.05, 0.1) is 0 Å². The Morgan fingerprint density at radius 2 is 1.86 bits per heavy atom. The number of likely N-dealkylation sites (tertiary alicyclic amines) is 1. The van der Waals surface area contributed by atoms with E-state index < -0.39 is 0 Å². The molecule has 0 aliphatic carbocycles. The molecule has 1 aromatic rings. The van der Waals surface area contributed by atoms with Crippen molar-refractivity contribution in [1.29, 1.82) is 0 Å². The fourth-order valence-electron chi connectivity index (χ4n) is 4.83. The third-order valence-electron chi connectivity index (χ3n) is 6.21. The van der Waals surface area contributed by atoms with Crippen LogP contribution in [0.3, 0.4) is 0 Å². The summed E-state index contributed by atoms with van der Waals surface area (Å²) in [6.07, 6.45) is 5.07. The van der Waals surface area contributed by atoms with Crippen molar-refractivity contribution in [3.63, 3.8) is 0 Å². The predicted octanol–water partition coefficient (Wildman–Crippen LogP) is 2.42. The normalized spacial score (nSPS) is 31.8. The van der Waals surface area contributed by atoms with Crippen LogP contribution in [0.15, 0.2) is 30.3 Å². The molecule has 1 atom stereocenters. The summed E-state index contributed by atoms with van der Waals surface area (Å²) in [6.45, 7) is 8.04. The minimum absolute atomic E-state index is 0.303. The van der Waals surface area contributed by atoms with Crippen LogP contribution in [-0.4, -0.2) is 50.8 Å². The third-order valence-corrected chi connectivity index (χ3v) is 6.21. The molecule has 1 N–H and O–H groups in total. The zero-order valence-corrected chi connectivity index (χ0v) is 13.5. The number of hydrogen-bond donors (Lipinski definition) is 1. The number of rotatable bonds is 3. The molecular formula is C19H28N2O. The van der Waals surface area contributed by atoms with Crippen molar-refractivity contribution in [2.45, 2.75) is 31.1 Å². The molecule has 3 heteroatoms. The summed E-state index contributed by atoms with van der Waals surface area (Å²) in [6, 6.07) is 11.2. The first-order valence-corrected chi connectivity index (χ1v) is 8.87. The van der Waals surface area contributed by atoms with E-state index in [1.165, 1.54) is 64.0 Å². The van der Waals surface area contributed by atoms with Gasteiger partial charge in [0.2, 0.25) is 0 Å². The lowest BCUT2D eigenvalue weighted by Gasteiger charge is -2.41. The van der Waals surface area contributed by atoms with Gasteiger partial charge in [0.15, 0.2) is 0 Å². The summed E-state index contributed by atoms with van der Waals surface area (Å²) in [7, 11) is 0. The van der Waals surface area contributed by atoms with Gasteiger partial charge in [0, 0.05) is 38.3 Å². The van der Waals surface area contributed by atoms with Crippen molar-refractivity contribution < 1.29 is 4.74 Å². The number of benzene rings is 1. The van der Waals surface area contributed by atoms with Gasteiger partial charge in [-0.05, 0) is 49.8 Å². The zero-order valence-electron chi connectivity index (χ0n) is 13.5. The molecule has 22 heavy (non-hydrogen) atoms. The molecule has 3 saturated heterocycles. The van der Waals surface area contributed by atoms with Gasteiger partial charge in [-0.1, -0.05) is 30.3 Å². The summed E-state index contributed by atoms with van der Waals surface area (Å²) in [4.78, 5) is 2.74. The van der Waals surface area contributed by atoms with E-state index in [-0.39, 0.29) is 0 Å². The Kier molecular flexibility index (Phi) is 3.97. The van der Waals surface area contributed by atoms with Crippen molar-refractivity contribution in [3.8, 4) is 0 Å². The number of nitrogens with one attached hydrogen (secondary N) is 1. The van der Waals surface area contributed by atoms with Crippen LogP contribution < -0.4 is 5.32 Å². The first-order valence-electron chi connectivity index (χ1n) is 8.87. The van der Waals surface area contributed by atoms with Gasteiger partial charge in [-0.15, -0.1) is 0 Å². The van der Waals surface area contributed by atoms with E-state index in [2.05, 4.69) is 40.5 Å². The van der Waals surface area contributed by atoms with E-state index in [9.17, 15) is 0 Å². The van der Waals surface area contributed by atoms with Crippen molar-refractivity contribution in [3.05, 3.63) is 35.9 Å². The van der Waals surface area contributed by atoms with Crippen LogP contribution in [0.5, 0.6) is 0 Å². The molecule has 0 amide bonds. The molecule has 0 bridgehead atoms. The van der Waals surface area contributed by atoms with E-state index in [0.29, 0.717) is 10.8 Å². The molecule has 3 fully saturated rings. The fourth-order valence-corrected chi connectivity index (χ4v) is 4.83. The van der Waals surface area contributed by atoms with Crippen LogP contribution in [0.4, 0.5) is 0 Å². The third kappa shape index (κ3) is 2.70. The lowest BCUT2D eigenvalue weighted by molar-refractivity contribution is 0.0357. The lowest BCUT2D eigenvalue weighted by atomic mass is 9.73. The van der Waals surface area contributed by atoms with Crippen molar-refractivity contribution in [2.24, 2.45) is 5.41 Å². The standard InChI is InChI=1S/C19H28N2O/c1-2-4-17(5-3-1)19(8-12-22-13-9-19)16-21-11-7-18(15-21)6-10-20-14-18/h1-5,20H,6-16H2. The maximum Gasteiger partial charge on any atom is 0.0475 e. The molecule has 3 nitrogen and oxygen atoms in total. The second kappa shape index (κ2) is 5.95. The summed E-state index contributed by atoms with van der Waals surface area (Å²) in [5, 5.41) is 3.57. The summed E-state index contributed by atoms with van der Waals surface area (Å²) >= 11 is 0. The molecule has 3 aliphatic heterocycles. The van der Waals surface area contributed by atoms with E-state index in [1.807, 2.05) is 0 Å². The molecule has 4 rings (SSSR count). The van der Waals surface area contributed by atoms with Gasteiger partial charge in [-0.3, -0.25) is 0 Å². The lowest BCUT2D eigenvalue weighted by Crippen LogP contribution is -2.44. The topological polar surface area (TPSA) is 24.5 Å². The quantitative estimate of drug-likeness (QED) is 0.928. The van der Waals surface area contributed by atoms with E-state index in [4.69, 9.17) is 4.74 Å². The highest BCUT2D eigenvalue weighted by atomic mass is 16.5. The molecule has 0 radical (unpaired) electrons. The largest absolute Gasteiger partial charge is 0.381 e. The van der Waals surface area contributed by atoms with Gasteiger partial charge >= 0.3 is 0 Å². The second-order valence-corrected chi connectivity index (χ2v) is 7.65. The Bertz CT molecular complexity index is 489. The van der Waals surface area contributed by atoms with Crippen LogP contribution in [0, 0.1) is 5.41 Å². The minimum Gasteiger partial charge on any atom is -0.381 e. The Morgan fingerprint density at radius 1 is 1.05 bits per heavy atom. The van der Waals surface area contributed by atoms with Gasteiger partial charge in [0.25, 0.3) is 0 Å². The zero-order chi connectivity index (χ0) is 14.9. The number of ether oxygens (including phenoxy) is 1. The van der Waals surface area contributed by atoms with E-state index in [0.717, 1.165) is 13.2 Å². The average Bonchev–Trinajstić information content (AvgIpc) is 3.19. The predicted molar refractivity (Wildman–Crippen MR) is 89.1 cm³/mol. The Morgan fingerprint density at radius 3 is 2.59 bits per heavy atom. The summed E-state index contributed by atoms with van der Waals surface area (Å²) in [5.74, 6) is 0. The molecule has 3 heterocycles. The maximum absolute atomic E-state index is 5.68. The van der Waals surface area contributed by atoms with Crippen LogP contribution >= 0.6 is 0 Å². The first kappa shape index (κ1) is 14.7. The molecular weight excluding hydrogens is 272 g/mol. The second-order valence-electron chi connectivity index (χ2n) is 7.65. The van der Waals surface area contributed by atoms with Gasteiger partial charge in [-0.25, -0.2) is 0 Å². The number of nitrogens with zero attached hydrogens (tertiary/aromatic N) is 1. The smallest absolute Gasteiger partial charge is 0.0475 e. The van der Waals surface area contributed by atoms with Crippen molar-refractivity contribution in [2.75, 3.05) is 45.9 Å². The highest BCUT2D eigenvalue weighted by molar-refractivity contribution is 5.27. The molecule has 0 saturated carbocycles. The highest BCUT2D eigenvalue weighted by Gasteiger charge is 2.43. The van der Waals surface area contributed by atoms with E-state index >= 15 is 0 Å². The van der Waals surface area contributed by atoms with E-state index in [1.54, 1.807) is 0 Å². The molecule has 3 aliphatic rings. The highest BCUT2D eigenvalue weighted by Crippen LogP contribution is 2.40. The average molecular weight is 300 g/mol. The maximum atomic E-state index is 5.68. The monoisotopic (exact) mass is 300 g/mol. The van der Waals surface area contributed by atoms with Gasteiger partial charge in [0.1, 0.15) is 0 Å². The van der Waals surface area contributed by atoms with Crippen LogP contribution in [0.2, 0.25) is 0 Å². The minimum atomic E-state index is 0.303.